The maximum atomic E-state index is 12.2. The molecular formula is C21H26N2O2. The number of rotatable bonds is 5. The highest BCUT2D eigenvalue weighted by molar-refractivity contribution is 5.81. The highest BCUT2D eigenvalue weighted by Gasteiger charge is 2.21. The number of hydrogen-bond acceptors (Lipinski definition) is 4. The Balaban J connectivity index is 1.71. The molecule has 2 aromatic rings. The van der Waals surface area contributed by atoms with Gasteiger partial charge in [0.15, 0.2) is 6.04 Å². The number of piperidine rings is 1. The number of carbonyl (C=O) groups excluding carboxylic acids is 1. The van der Waals surface area contributed by atoms with Crippen LogP contribution in [-0.4, -0.2) is 26.2 Å². The van der Waals surface area contributed by atoms with Crippen LogP contribution in [-0.2, 0) is 9.53 Å². The second-order valence-electron chi connectivity index (χ2n) is 6.73. The van der Waals surface area contributed by atoms with E-state index in [0.29, 0.717) is 0 Å². The van der Waals surface area contributed by atoms with E-state index in [0.717, 1.165) is 30.3 Å². The molecule has 0 radical (unpaired) electrons. The Labute approximate surface area is 149 Å². The summed E-state index contributed by atoms with van der Waals surface area (Å²) in [5, 5.41) is 3.29. The van der Waals surface area contributed by atoms with Crippen molar-refractivity contribution in [3.8, 4) is 0 Å². The molecule has 0 amide bonds. The quantitative estimate of drug-likeness (QED) is 0.828. The average Bonchev–Trinajstić information content (AvgIpc) is 2.67. The van der Waals surface area contributed by atoms with Gasteiger partial charge in [0, 0.05) is 24.5 Å². The van der Waals surface area contributed by atoms with Crippen LogP contribution in [0.15, 0.2) is 54.6 Å². The van der Waals surface area contributed by atoms with Crippen molar-refractivity contribution in [2.24, 2.45) is 5.92 Å². The van der Waals surface area contributed by atoms with Gasteiger partial charge in [0.25, 0.3) is 0 Å². The van der Waals surface area contributed by atoms with Gasteiger partial charge in [0.1, 0.15) is 0 Å². The second-order valence-corrected chi connectivity index (χ2v) is 6.73. The van der Waals surface area contributed by atoms with E-state index in [2.05, 4.69) is 29.3 Å². The molecule has 0 spiro atoms. The number of benzene rings is 2. The zero-order valence-corrected chi connectivity index (χ0v) is 14.9. The van der Waals surface area contributed by atoms with Crippen molar-refractivity contribution in [1.29, 1.82) is 0 Å². The number of methoxy groups -OCH3 is 1. The summed E-state index contributed by atoms with van der Waals surface area (Å²) >= 11 is 0. The second kappa shape index (κ2) is 8.06. The molecule has 1 atom stereocenters. The van der Waals surface area contributed by atoms with Crippen molar-refractivity contribution in [1.82, 2.24) is 0 Å². The van der Waals surface area contributed by atoms with Gasteiger partial charge in [0.05, 0.1) is 7.11 Å². The van der Waals surface area contributed by atoms with Gasteiger partial charge < -0.3 is 15.0 Å². The van der Waals surface area contributed by atoms with Gasteiger partial charge in [-0.2, -0.15) is 0 Å². The van der Waals surface area contributed by atoms with Gasteiger partial charge >= 0.3 is 5.97 Å². The molecule has 0 aromatic heterocycles. The molecule has 0 bridgehead atoms. The lowest BCUT2D eigenvalue weighted by Gasteiger charge is -2.32. The number of esters is 1. The molecule has 1 N–H and O–H groups in total. The summed E-state index contributed by atoms with van der Waals surface area (Å²) in [5.74, 6) is 0.532. The Morgan fingerprint density at radius 1 is 1.08 bits per heavy atom. The maximum Gasteiger partial charge on any atom is 0.332 e. The van der Waals surface area contributed by atoms with Crippen molar-refractivity contribution in [3.05, 3.63) is 60.2 Å². The molecule has 4 heteroatoms. The minimum atomic E-state index is -0.507. The van der Waals surface area contributed by atoms with Crippen molar-refractivity contribution in [3.63, 3.8) is 0 Å². The van der Waals surface area contributed by atoms with E-state index in [1.54, 1.807) is 0 Å². The number of ether oxygens (including phenoxy) is 1. The third kappa shape index (κ3) is 4.32. The number of hydrogen-bond donors (Lipinski definition) is 1. The van der Waals surface area contributed by atoms with Crippen molar-refractivity contribution < 1.29 is 9.53 Å². The summed E-state index contributed by atoms with van der Waals surface area (Å²) in [6, 6.07) is 17.4. The Bertz CT molecular complexity index is 677. The fourth-order valence-corrected chi connectivity index (χ4v) is 3.24. The predicted octanol–water partition coefficient (Wildman–Crippen LogP) is 4.25. The Hall–Kier alpha value is -2.49. The van der Waals surface area contributed by atoms with Gasteiger partial charge in [-0.25, -0.2) is 4.79 Å². The molecule has 0 aliphatic carbocycles. The first-order valence-corrected chi connectivity index (χ1v) is 8.91. The van der Waals surface area contributed by atoms with E-state index in [9.17, 15) is 4.79 Å². The van der Waals surface area contributed by atoms with Crippen molar-refractivity contribution in [2.75, 3.05) is 30.4 Å². The van der Waals surface area contributed by atoms with E-state index >= 15 is 0 Å². The highest BCUT2D eigenvalue weighted by atomic mass is 16.5. The monoisotopic (exact) mass is 338 g/mol. The van der Waals surface area contributed by atoms with Gasteiger partial charge in [-0.1, -0.05) is 37.3 Å². The topological polar surface area (TPSA) is 41.6 Å². The SMILES string of the molecule is COC(=O)C(Nc1ccc(N2CCC(C)CC2)cc1)c1ccccc1. The summed E-state index contributed by atoms with van der Waals surface area (Å²) < 4.78 is 4.96. The summed E-state index contributed by atoms with van der Waals surface area (Å²) in [6.45, 7) is 4.55. The molecule has 25 heavy (non-hydrogen) atoms. The molecule has 4 nitrogen and oxygen atoms in total. The molecule has 1 heterocycles. The lowest BCUT2D eigenvalue weighted by Crippen LogP contribution is -2.32. The minimum absolute atomic E-state index is 0.291. The van der Waals surface area contributed by atoms with Crippen molar-refractivity contribution in [2.45, 2.75) is 25.8 Å². The number of nitrogens with one attached hydrogen (secondary N) is 1. The van der Waals surface area contributed by atoms with E-state index in [1.165, 1.54) is 25.6 Å². The van der Waals surface area contributed by atoms with Crippen LogP contribution in [0.3, 0.4) is 0 Å². The molecule has 0 saturated carbocycles. The van der Waals surface area contributed by atoms with Crippen LogP contribution in [0.2, 0.25) is 0 Å². The minimum Gasteiger partial charge on any atom is -0.467 e. The third-order valence-corrected chi connectivity index (χ3v) is 4.90. The van der Waals surface area contributed by atoms with Crippen LogP contribution in [0.5, 0.6) is 0 Å². The van der Waals surface area contributed by atoms with E-state index in [4.69, 9.17) is 4.74 Å². The first kappa shape index (κ1) is 17.3. The van der Waals surface area contributed by atoms with Crippen LogP contribution < -0.4 is 10.2 Å². The summed E-state index contributed by atoms with van der Waals surface area (Å²) in [7, 11) is 1.42. The number of nitrogens with zero attached hydrogens (tertiary/aromatic N) is 1. The zero-order chi connectivity index (χ0) is 17.6. The molecule has 1 unspecified atom stereocenters. The van der Waals surface area contributed by atoms with E-state index in [-0.39, 0.29) is 5.97 Å². The highest BCUT2D eigenvalue weighted by Crippen LogP contribution is 2.26. The molecular weight excluding hydrogens is 312 g/mol. The standard InChI is InChI=1S/C21H26N2O2/c1-16-12-14-23(15-13-16)19-10-8-18(9-11-19)22-20(21(24)25-2)17-6-4-3-5-7-17/h3-11,16,20,22H,12-15H2,1-2H3. The van der Waals surface area contributed by atoms with Crippen molar-refractivity contribution >= 4 is 17.3 Å². The van der Waals surface area contributed by atoms with Gasteiger partial charge in [0.2, 0.25) is 0 Å². The Morgan fingerprint density at radius 3 is 2.32 bits per heavy atom. The third-order valence-electron chi connectivity index (χ3n) is 4.90. The van der Waals surface area contributed by atoms with Crippen LogP contribution in [0, 0.1) is 5.92 Å². The molecule has 1 fully saturated rings. The van der Waals surface area contributed by atoms with Gasteiger partial charge in [-0.15, -0.1) is 0 Å². The average molecular weight is 338 g/mol. The number of anilines is 2. The molecule has 1 aliphatic heterocycles. The Kier molecular flexibility index (Phi) is 5.59. The summed E-state index contributed by atoms with van der Waals surface area (Å²) in [6.07, 6.45) is 2.50. The predicted molar refractivity (Wildman–Crippen MR) is 102 cm³/mol. The Morgan fingerprint density at radius 2 is 1.72 bits per heavy atom. The first-order valence-electron chi connectivity index (χ1n) is 8.91. The molecule has 2 aromatic carbocycles. The van der Waals surface area contributed by atoms with Crippen LogP contribution in [0.25, 0.3) is 0 Å². The molecule has 3 rings (SSSR count). The summed E-state index contributed by atoms with van der Waals surface area (Å²) in [5.41, 5.74) is 3.05. The van der Waals surface area contributed by atoms with E-state index in [1.807, 2.05) is 42.5 Å². The fraction of sp³-hybridized carbons (Fsp3) is 0.381. The smallest absolute Gasteiger partial charge is 0.332 e. The molecule has 1 aliphatic rings. The fourth-order valence-electron chi connectivity index (χ4n) is 3.24. The van der Waals surface area contributed by atoms with Crippen LogP contribution in [0.4, 0.5) is 11.4 Å². The lowest BCUT2D eigenvalue weighted by molar-refractivity contribution is -0.141. The normalized spacial score (nSPS) is 16.3. The van der Waals surface area contributed by atoms with Crippen LogP contribution >= 0.6 is 0 Å². The van der Waals surface area contributed by atoms with Crippen LogP contribution in [0.1, 0.15) is 31.4 Å². The first-order chi connectivity index (χ1) is 12.2. The zero-order valence-electron chi connectivity index (χ0n) is 14.9. The summed E-state index contributed by atoms with van der Waals surface area (Å²) in [4.78, 5) is 14.6. The van der Waals surface area contributed by atoms with E-state index < -0.39 is 6.04 Å². The van der Waals surface area contributed by atoms with Gasteiger partial charge in [-0.05, 0) is 48.6 Å². The maximum absolute atomic E-state index is 12.2. The molecule has 1 saturated heterocycles. The van der Waals surface area contributed by atoms with Gasteiger partial charge in [-0.3, -0.25) is 0 Å². The largest absolute Gasteiger partial charge is 0.467 e. The molecule has 132 valence electrons. The lowest BCUT2D eigenvalue weighted by atomic mass is 9.99. The number of carbonyl (C=O) groups is 1.